The van der Waals surface area contributed by atoms with Gasteiger partial charge in [-0.15, -0.1) is 0 Å². The predicted molar refractivity (Wildman–Crippen MR) is 110 cm³/mol. The van der Waals surface area contributed by atoms with Crippen molar-refractivity contribution < 1.29 is 4.79 Å². The lowest BCUT2D eigenvalue weighted by molar-refractivity contribution is -0.124. The number of nitrogens with one attached hydrogen (secondary N) is 1. The number of aryl methyl sites for hydroxylation is 1. The summed E-state index contributed by atoms with van der Waals surface area (Å²) in [6.07, 6.45) is 1.45. The summed E-state index contributed by atoms with van der Waals surface area (Å²) in [5, 5.41) is 3.64. The molecule has 1 heterocycles. The first kappa shape index (κ1) is 17.5. The van der Waals surface area contributed by atoms with Gasteiger partial charge < -0.3 is 5.32 Å². The van der Waals surface area contributed by atoms with E-state index in [0.717, 1.165) is 33.5 Å². The number of aliphatic imine (C=N–C) groups is 1. The lowest BCUT2D eigenvalue weighted by Crippen LogP contribution is -2.42. The Hall–Kier alpha value is -1.94. The minimum Gasteiger partial charge on any atom is -0.375 e. The zero-order valence-corrected chi connectivity index (χ0v) is 16.9. The summed E-state index contributed by atoms with van der Waals surface area (Å²) >= 11 is 3.57. The van der Waals surface area contributed by atoms with E-state index in [1.165, 1.54) is 5.56 Å². The molecule has 0 spiro atoms. The van der Waals surface area contributed by atoms with Gasteiger partial charge in [-0.2, -0.15) is 0 Å². The molecule has 2 aromatic rings. The van der Waals surface area contributed by atoms with Crippen molar-refractivity contribution in [1.29, 1.82) is 0 Å². The second kappa shape index (κ2) is 6.34. The highest BCUT2D eigenvalue weighted by molar-refractivity contribution is 9.10. The number of anilines is 1. The Morgan fingerprint density at radius 1 is 1.15 bits per heavy atom. The van der Waals surface area contributed by atoms with Crippen molar-refractivity contribution in [2.24, 2.45) is 16.3 Å². The largest absolute Gasteiger partial charge is 0.375 e. The molecule has 0 amide bonds. The molecular formula is C22H23BrN2O. The minimum atomic E-state index is -0.218. The summed E-state index contributed by atoms with van der Waals surface area (Å²) in [5.41, 5.74) is 5.19. The third-order valence-corrected chi connectivity index (χ3v) is 5.78. The summed E-state index contributed by atoms with van der Waals surface area (Å²) in [6.45, 7) is 6.40. The van der Waals surface area contributed by atoms with E-state index in [1.54, 1.807) is 0 Å². The molecule has 4 rings (SSSR count). The quantitative estimate of drug-likeness (QED) is 0.625. The Labute approximate surface area is 163 Å². The van der Waals surface area contributed by atoms with Gasteiger partial charge in [-0.25, -0.2) is 0 Å². The van der Waals surface area contributed by atoms with Crippen LogP contribution < -0.4 is 5.32 Å². The zero-order valence-electron chi connectivity index (χ0n) is 15.3. The number of rotatable bonds is 1. The van der Waals surface area contributed by atoms with Gasteiger partial charge in [0.15, 0.2) is 0 Å². The number of halogens is 1. The van der Waals surface area contributed by atoms with Crippen LogP contribution in [0.25, 0.3) is 0 Å². The fraction of sp³-hybridized carbons (Fsp3) is 0.364. The highest BCUT2D eigenvalue weighted by Crippen LogP contribution is 2.45. The number of Topliss-reactive ketones (excluding diaryl/α,β-unsaturated/α-hetero) is 1. The van der Waals surface area contributed by atoms with Crippen LogP contribution in [0.5, 0.6) is 0 Å². The van der Waals surface area contributed by atoms with E-state index in [2.05, 4.69) is 72.3 Å². The second-order valence-corrected chi connectivity index (χ2v) is 9.18. The van der Waals surface area contributed by atoms with Crippen molar-refractivity contribution in [3.63, 3.8) is 0 Å². The molecule has 0 radical (unpaired) electrons. The summed E-state index contributed by atoms with van der Waals surface area (Å²) in [5.74, 6) is 0.0621. The van der Waals surface area contributed by atoms with Gasteiger partial charge in [0, 0.05) is 16.6 Å². The van der Waals surface area contributed by atoms with Crippen molar-refractivity contribution in [2.45, 2.75) is 39.7 Å². The van der Waals surface area contributed by atoms with Gasteiger partial charge in [-0.1, -0.05) is 48.0 Å². The molecule has 0 aromatic heterocycles. The van der Waals surface area contributed by atoms with Crippen LogP contribution in [0.4, 0.5) is 11.4 Å². The van der Waals surface area contributed by atoms with Crippen LogP contribution in [0, 0.1) is 18.3 Å². The Kier molecular flexibility index (Phi) is 4.26. The molecule has 1 fully saturated rings. The highest BCUT2D eigenvalue weighted by atomic mass is 79.9. The van der Waals surface area contributed by atoms with Crippen LogP contribution in [0.15, 0.2) is 51.9 Å². The molecule has 0 unspecified atom stereocenters. The molecule has 1 saturated carbocycles. The van der Waals surface area contributed by atoms with Crippen LogP contribution >= 0.6 is 15.9 Å². The Morgan fingerprint density at radius 2 is 1.96 bits per heavy atom. The Bertz CT molecular complexity index is 916. The van der Waals surface area contributed by atoms with Gasteiger partial charge in [0.05, 0.1) is 23.3 Å². The standard InChI is InChI=1S/C22H23BrN2O/c1-13-7-8-16-17(9-13)25-21(14-5-4-6-15(23)10-14)20-18(24-16)11-22(2,3)12-19(20)26/h4-10,20-21,25H,11-12H2,1-3H3/t20-,21-/m1/s1. The average molecular weight is 411 g/mol. The molecule has 0 saturated heterocycles. The second-order valence-electron chi connectivity index (χ2n) is 8.26. The number of benzene rings is 2. The third kappa shape index (κ3) is 3.23. The SMILES string of the molecule is Cc1ccc2c(c1)N[C@H](c1cccc(Br)c1)[C@H]1C(=O)CC(C)(C)CC1=N2. The topological polar surface area (TPSA) is 41.5 Å². The van der Waals surface area contributed by atoms with Crippen molar-refractivity contribution in [3.8, 4) is 0 Å². The average Bonchev–Trinajstić information content (AvgIpc) is 2.70. The molecule has 1 aliphatic heterocycles. The van der Waals surface area contributed by atoms with E-state index >= 15 is 0 Å². The maximum atomic E-state index is 13.2. The van der Waals surface area contributed by atoms with Gasteiger partial charge in [0.25, 0.3) is 0 Å². The van der Waals surface area contributed by atoms with E-state index in [0.29, 0.717) is 6.42 Å². The maximum Gasteiger partial charge on any atom is 0.144 e. The highest BCUT2D eigenvalue weighted by Gasteiger charge is 2.43. The number of nitrogens with zero attached hydrogens (tertiary/aromatic N) is 1. The number of carbonyl (C=O) groups excluding carboxylic acids is 1. The van der Waals surface area contributed by atoms with Crippen LogP contribution in [-0.2, 0) is 4.79 Å². The smallest absolute Gasteiger partial charge is 0.144 e. The normalized spacial score (nSPS) is 24.0. The molecule has 26 heavy (non-hydrogen) atoms. The van der Waals surface area contributed by atoms with E-state index in [4.69, 9.17) is 4.99 Å². The number of ketones is 1. The Morgan fingerprint density at radius 3 is 2.73 bits per heavy atom. The first-order chi connectivity index (χ1) is 12.3. The van der Waals surface area contributed by atoms with Gasteiger partial charge in [0.2, 0.25) is 0 Å². The predicted octanol–water partition coefficient (Wildman–Crippen LogP) is 6.00. The molecule has 2 atom stereocenters. The van der Waals surface area contributed by atoms with E-state index in [9.17, 15) is 4.79 Å². The molecule has 1 N–H and O–H groups in total. The monoisotopic (exact) mass is 410 g/mol. The third-order valence-electron chi connectivity index (χ3n) is 5.29. The number of carbonyl (C=O) groups is 1. The van der Waals surface area contributed by atoms with Crippen molar-refractivity contribution in [3.05, 3.63) is 58.1 Å². The van der Waals surface area contributed by atoms with Crippen LogP contribution in [0.2, 0.25) is 0 Å². The van der Waals surface area contributed by atoms with Crippen molar-refractivity contribution in [1.82, 2.24) is 0 Å². The van der Waals surface area contributed by atoms with Crippen LogP contribution in [0.1, 0.15) is 43.9 Å². The lowest BCUT2D eigenvalue weighted by Gasteiger charge is -2.37. The lowest BCUT2D eigenvalue weighted by atomic mass is 9.68. The zero-order chi connectivity index (χ0) is 18.5. The van der Waals surface area contributed by atoms with E-state index in [-0.39, 0.29) is 23.2 Å². The summed E-state index contributed by atoms with van der Waals surface area (Å²) in [6, 6.07) is 14.4. The molecule has 1 aliphatic carbocycles. The minimum absolute atomic E-state index is 0.0383. The van der Waals surface area contributed by atoms with E-state index < -0.39 is 0 Å². The fourth-order valence-electron chi connectivity index (χ4n) is 4.16. The molecule has 4 heteroatoms. The van der Waals surface area contributed by atoms with Crippen molar-refractivity contribution in [2.75, 3.05) is 5.32 Å². The Balaban J connectivity index is 1.89. The van der Waals surface area contributed by atoms with Gasteiger partial charge in [0.1, 0.15) is 5.78 Å². The van der Waals surface area contributed by atoms with Gasteiger partial charge >= 0.3 is 0 Å². The maximum absolute atomic E-state index is 13.2. The number of hydrogen-bond donors (Lipinski definition) is 1. The molecule has 2 aliphatic rings. The van der Waals surface area contributed by atoms with E-state index in [1.807, 2.05) is 12.1 Å². The fourth-order valence-corrected chi connectivity index (χ4v) is 4.58. The van der Waals surface area contributed by atoms with Crippen LogP contribution in [0.3, 0.4) is 0 Å². The summed E-state index contributed by atoms with van der Waals surface area (Å²) < 4.78 is 1.02. The van der Waals surface area contributed by atoms with Gasteiger partial charge in [-0.05, 0) is 54.2 Å². The summed E-state index contributed by atoms with van der Waals surface area (Å²) in [7, 11) is 0. The summed E-state index contributed by atoms with van der Waals surface area (Å²) in [4.78, 5) is 18.1. The molecular weight excluding hydrogens is 388 g/mol. The molecule has 2 aromatic carbocycles. The number of fused-ring (bicyclic) bond motifs is 2. The van der Waals surface area contributed by atoms with Crippen molar-refractivity contribution >= 4 is 38.8 Å². The molecule has 3 nitrogen and oxygen atoms in total. The molecule has 0 bridgehead atoms. The van der Waals surface area contributed by atoms with Crippen LogP contribution in [-0.4, -0.2) is 11.5 Å². The number of hydrogen-bond acceptors (Lipinski definition) is 3. The molecule has 134 valence electrons. The van der Waals surface area contributed by atoms with Gasteiger partial charge in [-0.3, -0.25) is 9.79 Å². The first-order valence-electron chi connectivity index (χ1n) is 9.05. The first-order valence-corrected chi connectivity index (χ1v) is 9.84.